The molecule has 6 heteroatoms. The Bertz CT molecular complexity index is 707. The van der Waals surface area contributed by atoms with Crippen LogP contribution >= 0.6 is 0 Å². The van der Waals surface area contributed by atoms with E-state index >= 15 is 0 Å². The third kappa shape index (κ3) is 2.69. The number of H-pyrrole nitrogens is 1. The van der Waals surface area contributed by atoms with Gasteiger partial charge in [0.1, 0.15) is 5.69 Å². The summed E-state index contributed by atoms with van der Waals surface area (Å²) in [6.07, 6.45) is 0.790. The number of fused-ring (bicyclic) bond motifs is 1. The fourth-order valence-electron chi connectivity index (χ4n) is 2.79. The maximum absolute atomic E-state index is 12.5. The fourth-order valence-corrected chi connectivity index (χ4v) is 2.79. The number of nitrogens with two attached hydrogens (primary N) is 1. The molecule has 1 aromatic carbocycles. The monoisotopic (exact) mass is 286 g/mol. The van der Waals surface area contributed by atoms with Gasteiger partial charge in [-0.15, -0.1) is 0 Å². The third-order valence-electron chi connectivity index (χ3n) is 3.76. The molecule has 1 aliphatic rings. The number of nitrogen functional groups attached to an aromatic ring is 1. The number of anilines is 1. The molecule has 3 rings (SSSR count). The van der Waals surface area contributed by atoms with Gasteiger partial charge in [-0.2, -0.15) is 0 Å². The van der Waals surface area contributed by atoms with Crippen molar-refractivity contribution in [3.05, 3.63) is 30.0 Å². The molecule has 1 aliphatic heterocycles. The molecule has 2 aromatic rings. The van der Waals surface area contributed by atoms with Gasteiger partial charge in [0, 0.05) is 42.6 Å². The van der Waals surface area contributed by atoms with Gasteiger partial charge in [-0.1, -0.05) is 0 Å². The first kappa shape index (κ1) is 13.5. The molecule has 1 unspecified atom stereocenters. The summed E-state index contributed by atoms with van der Waals surface area (Å²) >= 11 is 0. The minimum absolute atomic E-state index is 0.0439. The Labute approximate surface area is 122 Å². The molecule has 1 aromatic heterocycles. The number of aromatic amines is 1. The SMILES string of the molecule is CC(=O)NC1CCN(C(=O)c2cc3cc(N)ccc3[nH]2)C1. The molecule has 1 atom stereocenters. The van der Waals surface area contributed by atoms with Gasteiger partial charge in [0.15, 0.2) is 0 Å². The average molecular weight is 286 g/mol. The molecule has 21 heavy (non-hydrogen) atoms. The van der Waals surface area contributed by atoms with Gasteiger partial charge in [-0.25, -0.2) is 0 Å². The summed E-state index contributed by atoms with van der Waals surface area (Å²) in [6.45, 7) is 2.70. The Morgan fingerprint density at radius 2 is 2.19 bits per heavy atom. The average Bonchev–Trinajstić information content (AvgIpc) is 3.03. The van der Waals surface area contributed by atoms with Crippen molar-refractivity contribution in [1.82, 2.24) is 15.2 Å². The van der Waals surface area contributed by atoms with E-state index in [1.165, 1.54) is 6.92 Å². The zero-order chi connectivity index (χ0) is 15.0. The largest absolute Gasteiger partial charge is 0.399 e. The molecule has 0 bridgehead atoms. The molecular weight excluding hydrogens is 268 g/mol. The van der Waals surface area contributed by atoms with Crippen LogP contribution in [0.5, 0.6) is 0 Å². The van der Waals surface area contributed by atoms with Crippen LogP contribution in [0.2, 0.25) is 0 Å². The standard InChI is InChI=1S/C15H18N4O2/c1-9(20)17-12-4-5-19(8-12)15(21)14-7-10-6-11(16)2-3-13(10)18-14/h2-3,6-7,12,18H,4-5,8,16H2,1H3,(H,17,20). The summed E-state index contributed by atoms with van der Waals surface area (Å²) in [5.74, 6) is -0.104. The van der Waals surface area contributed by atoms with E-state index in [0.29, 0.717) is 24.5 Å². The zero-order valence-corrected chi connectivity index (χ0v) is 11.8. The van der Waals surface area contributed by atoms with Crippen molar-refractivity contribution >= 4 is 28.4 Å². The van der Waals surface area contributed by atoms with Crippen molar-refractivity contribution in [2.24, 2.45) is 0 Å². The maximum atomic E-state index is 12.5. The van der Waals surface area contributed by atoms with Crippen molar-refractivity contribution in [2.75, 3.05) is 18.8 Å². The number of rotatable bonds is 2. The number of benzene rings is 1. The lowest BCUT2D eigenvalue weighted by Gasteiger charge is -2.15. The molecule has 1 fully saturated rings. The van der Waals surface area contributed by atoms with Gasteiger partial charge >= 0.3 is 0 Å². The number of likely N-dealkylation sites (tertiary alicyclic amines) is 1. The second-order valence-electron chi connectivity index (χ2n) is 5.47. The molecule has 0 saturated carbocycles. The van der Waals surface area contributed by atoms with Gasteiger partial charge in [-0.3, -0.25) is 9.59 Å². The van der Waals surface area contributed by atoms with Crippen LogP contribution in [0.1, 0.15) is 23.8 Å². The number of nitrogens with one attached hydrogen (secondary N) is 2. The minimum atomic E-state index is -0.0598. The summed E-state index contributed by atoms with van der Waals surface area (Å²) in [5.41, 5.74) is 7.87. The first-order valence-electron chi connectivity index (χ1n) is 6.97. The van der Waals surface area contributed by atoms with E-state index in [0.717, 1.165) is 17.3 Å². The highest BCUT2D eigenvalue weighted by molar-refractivity contribution is 5.98. The lowest BCUT2D eigenvalue weighted by Crippen LogP contribution is -2.37. The summed E-state index contributed by atoms with van der Waals surface area (Å²) in [7, 11) is 0. The van der Waals surface area contributed by atoms with Gasteiger partial charge in [0.2, 0.25) is 5.91 Å². The number of aromatic nitrogens is 1. The zero-order valence-electron chi connectivity index (χ0n) is 11.8. The molecule has 0 aliphatic carbocycles. The van der Waals surface area contributed by atoms with E-state index in [4.69, 9.17) is 5.73 Å². The number of amides is 2. The number of hydrogen-bond acceptors (Lipinski definition) is 3. The first-order chi connectivity index (χ1) is 10.0. The smallest absolute Gasteiger partial charge is 0.270 e. The molecule has 110 valence electrons. The van der Waals surface area contributed by atoms with Crippen molar-refractivity contribution in [3.63, 3.8) is 0 Å². The highest BCUT2D eigenvalue weighted by atomic mass is 16.2. The maximum Gasteiger partial charge on any atom is 0.270 e. The molecule has 2 amide bonds. The van der Waals surface area contributed by atoms with E-state index in [1.54, 1.807) is 11.0 Å². The van der Waals surface area contributed by atoms with Crippen LogP contribution in [0.25, 0.3) is 10.9 Å². The van der Waals surface area contributed by atoms with Crippen LogP contribution in [0.3, 0.4) is 0 Å². The quantitative estimate of drug-likeness (QED) is 0.722. The van der Waals surface area contributed by atoms with Crippen LogP contribution in [0, 0.1) is 0 Å². The number of nitrogens with zero attached hydrogens (tertiary/aromatic N) is 1. The molecule has 6 nitrogen and oxygen atoms in total. The van der Waals surface area contributed by atoms with Crippen LogP contribution in [0.4, 0.5) is 5.69 Å². The van der Waals surface area contributed by atoms with Gasteiger partial charge in [0.25, 0.3) is 5.91 Å². The second kappa shape index (κ2) is 5.12. The molecule has 0 radical (unpaired) electrons. The summed E-state index contributed by atoms with van der Waals surface area (Å²) in [4.78, 5) is 28.4. The Balaban J connectivity index is 1.76. The van der Waals surface area contributed by atoms with E-state index in [2.05, 4.69) is 10.3 Å². The number of carbonyl (C=O) groups excluding carboxylic acids is 2. The van der Waals surface area contributed by atoms with Gasteiger partial charge in [0.05, 0.1) is 0 Å². The molecule has 1 saturated heterocycles. The predicted molar refractivity (Wildman–Crippen MR) is 80.8 cm³/mol. The molecule has 2 heterocycles. The van der Waals surface area contributed by atoms with Crippen molar-refractivity contribution < 1.29 is 9.59 Å². The molecule has 4 N–H and O–H groups in total. The van der Waals surface area contributed by atoms with Crippen LogP contribution in [-0.2, 0) is 4.79 Å². The van der Waals surface area contributed by atoms with E-state index < -0.39 is 0 Å². The highest BCUT2D eigenvalue weighted by Crippen LogP contribution is 2.20. The number of carbonyl (C=O) groups is 2. The van der Waals surface area contributed by atoms with Crippen molar-refractivity contribution in [3.8, 4) is 0 Å². The molecular formula is C15H18N4O2. The fraction of sp³-hybridized carbons (Fsp3) is 0.333. The third-order valence-corrected chi connectivity index (χ3v) is 3.76. The van der Waals surface area contributed by atoms with E-state index in [-0.39, 0.29) is 17.9 Å². The van der Waals surface area contributed by atoms with Crippen molar-refractivity contribution in [2.45, 2.75) is 19.4 Å². The van der Waals surface area contributed by atoms with Gasteiger partial charge in [-0.05, 0) is 30.7 Å². The minimum Gasteiger partial charge on any atom is -0.399 e. The lowest BCUT2D eigenvalue weighted by atomic mass is 10.2. The lowest BCUT2D eigenvalue weighted by molar-refractivity contribution is -0.119. The first-order valence-corrected chi connectivity index (χ1v) is 6.97. The highest BCUT2D eigenvalue weighted by Gasteiger charge is 2.28. The van der Waals surface area contributed by atoms with E-state index in [1.807, 2.05) is 18.2 Å². The topological polar surface area (TPSA) is 91.2 Å². The van der Waals surface area contributed by atoms with E-state index in [9.17, 15) is 9.59 Å². The summed E-state index contributed by atoms with van der Waals surface area (Å²) in [5, 5.41) is 3.78. The Kier molecular flexibility index (Phi) is 3.29. The van der Waals surface area contributed by atoms with Crippen LogP contribution < -0.4 is 11.1 Å². The van der Waals surface area contributed by atoms with Gasteiger partial charge < -0.3 is 20.9 Å². The predicted octanol–water partition coefficient (Wildman–Crippen LogP) is 1.10. The Morgan fingerprint density at radius 1 is 1.38 bits per heavy atom. The second-order valence-corrected chi connectivity index (χ2v) is 5.47. The normalized spacial score (nSPS) is 18.1. The Hall–Kier alpha value is -2.50. The number of hydrogen-bond donors (Lipinski definition) is 3. The summed E-state index contributed by atoms with van der Waals surface area (Å²) in [6, 6.07) is 7.37. The van der Waals surface area contributed by atoms with Crippen molar-refractivity contribution in [1.29, 1.82) is 0 Å². The van der Waals surface area contributed by atoms with Crippen LogP contribution in [0.15, 0.2) is 24.3 Å². The van der Waals surface area contributed by atoms with Crippen LogP contribution in [-0.4, -0.2) is 40.8 Å². The Morgan fingerprint density at radius 3 is 2.95 bits per heavy atom. The summed E-state index contributed by atoms with van der Waals surface area (Å²) < 4.78 is 0. The molecule has 0 spiro atoms.